The number of aliphatic hydroxyl groups excluding tert-OH is 2. The summed E-state index contributed by atoms with van der Waals surface area (Å²) in [6.07, 6.45) is -5.96. The number of azide groups is 1. The highest BCUT2D eigenvalue weighted by molar-refractivity contribution is 8.13. The summed E-state index contributed by atoms with van der Waals surface area (Å²) in [5.41, 5.74) is 5.55. The van der Waals surface area contributed by atoms with Crippen molar-refractivity contribution in [2.24, 2.45) is 10.5 Å². The number of carbonyl (C=O) groups excluding carboxylic acids is 2. The number of aromatic nitrogens is 2. The zero-order valence-corrected chi connectivity index (χ0v) is 26.1. The first-order valence-electron chi connectivity index (χ1n) is 13.0. The van der Waals surface area contributed by atoms with Crippen molar-refractivity contribution in [3.63, 3.8) is 0 Å². The first kappa shape index (κ1) is 38.4. The van der Waals surface area contributed by atoms with Gasteiger partial charge in [-0.05, 0) is 40.1 Å². The van der Waals surface area contributed by atoms with Gasteiger partial charge in [0, 0.05) is 29.5 Å². The number of halogens is 1. The van der Waals surface area contributed by atoms with Crippen molar-refractivity contribution < 1.29 is 47.3 Å². The maximum absolute atomic E-state index is 15.5. The third-order valence-corrected chi connectivity index (χ3v) is 8.21. The van der Waals surface area contributed by atoms with E-state index in [1.54, 1.807) is 13.8 Å². The molecule has 0 fully saturated rings. The molecule has 1 aromatic rings. The number of hydrogen-bond donors (Lipinski definition) is 4. The zero-order chi connectivity index (χ0) is 32.8. The normalized spacial score (nSPS) is 16.0. The molecule has 0 saturated heterocycles. The molecule has 1 heterocycles. The van der Waals surface area contributed by atoms with Gasteiger partial charge in [-0.15, -0.1) is 0 Å². The molecule has 0 amide bonds. The van der Waals surface area contributed by atoms with Gasteiger partial charge in [0.05, 0.1) is 37.9 Å². The lowest BCUT2D eigenvalue weighted by molar-refractivity contribution is -0.149. The first-order chi connectivity index (χ1) is 20.1. The topological polar surface area (TPSA) is 244 Å². The summed E-state index contributed by atoms with van der Waals surface area (Å²) in [6, 6.07) is -0.333. The summed E-state index contributed by atoms with van der Waals surface area (Å²) >= 11 is 0.793. The van der Waals surface area contributed by atoms with E-state index in [4.69, 9.17) is 24.1 Å². The van der Waals surface area contributed by atoms with Crippen molar-refractivity contribution >= 4 is 30.6 Å². The van der Waals surface area contributed by atoms with Gasteiger partial charge in [0.25, 0.3) is 5.56 Å². The van der Waals surface area contributed by atoms with E-state index >= 15 is 4.39 Å². The number of thioether (sulfide) groups is 1. The molecular weight excluding hydrogens is 618 g/mol. The number of ether oxygens (including phenoxy) is 2. The number of hydrogen-bond acceptors (Lipinski definition) is 13. The molecule has 0 saturated carbocycles. The van der Waals surface area contributed by atoms with Crippen molar-refractivity contribution in [1.82, 2.24) is 14.6 Å². The van der Waals surface area contributed by atoms with Gasteiger partial charge in [0.1, 0.15) is 12.1 Å². The van der Waals surface area contributed by atoms with Gasteiger partial charge in [0.15, 0.2) is 17.5 Å². The summed E-state index contributed by atoms with van der Waals surface area (Å²) < 4.78 is 50.6. The number of nitrogens with zero attached hydrogens (tertiary/aromatic N) is 4. The van der Waals surface area contributed by atoms with Crippen LogP contribution in [0.25, 0.3) is 10.4 Å². The molecule has 0 spiro atoms. The van der Waals surface area contributed by atoms with E-state index in [-0.39, 0.29) is 30.6 Å². The van der Waals surface area contributed by atoms with Gasteiger partial charge in [-0.25, -0.2) is 18.8 Å². The second kappa shape index (κ2) is 18.3. The molecule has 1 rings (SSSR count). The van der Waals surface area contributed by atoms with E-state index < -0.39 is 74.2 Å². The lowest BCUT2D eigenvalue weighted by atomic mass is 9.97. The quantitative estimate of drug-likeness (QED) is 0.0388. The van der Waals surface area contributed by atoms with Gasteiger partial charge in [-0.3, -0.25) is 33.0 Å². The van der Waals surface area contributed by atoms with Gasteiger partial charge in [-0.1, -0.05) is 16.9 Å². The number of alkyl halides is 1. The fourth-order valence-corrected chi connectivity index (χ4v) is 5.37. The average molecular weight is 657 g/mol. The van der Waals surface area contributed by atoms with Crippen LogP contribution in [0.5, 0.6) is 0 Å². The molecule has 5 atom stereocenters. The number of esters is 1. The fourth-order valence-electron chi connectivity index (χ4n) is 2.96. The van der Waals surface area contributed by atoms with Crippen LogP contribution in [-0.4, -0.2) is 94.0 Å². The molecule has 0 radical (unpaired) electrons. The Morgan fingerprint density at radius 2 is 1.95 bits per heavy atom. The molecule has 0 aromatic carbocycles. The Balaban J connectivity index is 3.09. The lowest BCUT2D eigenvalue weighted by Gasteiger charge is -2.28. The largest absolute Gasteiger partial charge is 0.462 e. The van der Waals surface area contributed by atoms with Crippen LogP contribution >= 0.6 is 19.5 Å². The summed E-state index contributed by atoms with van der Waals surface area (Å²) in [5, 5.41) is 25.1. The maximum Gasteiger partial charge on any atom is 0.406 e. The number of aromatic amines is 1. The predicted molar refractivity (Wildman–Crippen MR) is 153 cm³/mol. The van der Waals surface area contributed by atoms with E-state index in [1.165, 1.54) is 20.8 Å². The number of aliphatic hydroxyl groups is 2. The smallest absolute Gasteiger partial charge is 0.406 e. The Morgan fingerprint density at radius 1 is 1.28 bits per heavy atom. The Labute approximate surface area is 250 Å². The monoisotopic (exact) mass is 656 g/mol. The predicted octanol–water partition coefficient (Wildman–Crippen LogP) is 1.41. The Kier molecular flexibility index (Phi) is 16.3. The first-order valence-corrected chi connectivity index (χ1v) is 15.5. The molecule has 0 aliphatic heterocycles. The lowest BCUT2D eigenvalue weighted by Crippen LogP contribution is -2.42. The molecule has 4 N–H and O–H groups in total. The van der Waals surface area contributed by atoms with Crippen molar-refractivity contribution in [1.29, 1.82) is 0 Å². The minimum absolute atomic E-state index is 0.0351. The van der Waals surface area contributed by atoms with Crippen LogP contribution < -0.4 is 16.3 Å². The number of H-pyrrole nitrogens is 1. The van der Waals surface area contributed by atoms with E-state index in [9.17, 15) is 34.0 Å². The van der Waals surface area contributed by atoms with Gasteiger partial charge in [-0.2, -0.15) is 0 Å². The van der Waals surface area contributed by atoms with Gasteiger partial charge < -0.3 is 19.7 Å². The Hall–Kier alpha value is -2.60. The van der Waals surface area contributed by atoms with E-state index in [2.05, 4.69) is 15.1 Å². The molecule has 1 aromatic heterocycles. The van der Waals surface area contributed by atoms with Crippen LogP contribution in [-0.2, 0) is 32.7 Å². The van der Waals surface area contributed by atoms with E-state index in [1.807, 2.05) is 4.98 Å². The Morgan fingerprint density at radius 3 is 2.53 bits per heavy atom. The third-order valence-electron chi connectivity index (χ3n) is 5.31. The maximum atomic E-state index is 15.5. The molecular formula is C23H38FN6O11PS. The molecule has 244 valence electrons. The highest BCUT2D eigenvalue weighted by atomic mass is 32.2. The van der Waals surface area contributed by atoms with Crippen LogP contribution in [0.2, 0.25) is 0 Å². The minimum Gasteiger partial charge on any atom is -0.462 e. The number of rotatable bonds is 20. The number of nitrogens with one attached hydrogen (secondary N) is 2. The fraction of sp³-hybridized carbons (Fsp3) is 0.739. The van der Waals surface area contributed by atoms with Crippen molar-refractivity contribution in [2.45, 2.75) is 65.3 Å². The highest BCUT2D eigenvalue weighted by Gasteiger charge is 2.36. The SMILES string of the molecule is CC(C)OC(=O)C(C)NP(=O)(OCCSC(=O)C(C)(C)CO)OC[C@@H](O)[C@@H](F)[C@@H](OCCN=[N+]=[N-])n1ccc(=O)[nH]c1=O. The second-order valence-electron chi connectivity index (χ2n) is 9.89. The molecule has 0 aliphatic rings. The minimum atomic E-state index is -4.49. The second-order valence-corrected chi connectivity index (χ2v) is 12.7. The van der Waals surface area contributed by atoms with Gasteiger partial charge in [0.2, 0.25) is 0 Å². The van der Waals surface area contributed by atoms with Crippen LogP contribution in [0, 0.1) is 5.41 Å². The van der Waals surface area contributed by atoms with Crippen LogP contribution in [0.15, 0.2) is 27.0 Å². The standard InChI is InChI=1S/C23H38FN6O11PS/c1-14(2)41-20(34)15(3)28-42(37,39-10-11-43-21(35)23(4,5)13-31)40-12-16(32)18(24)19(38-9-7-26-29-25)30-8-6-17(33)27-22(30)36/h6,8,14-16,18-19,31-32H,7,9-13H2,1-5H3,(H,28,37)(H,27,33,36)/t15?,16-,18-,19-,42?/m1/s1. The van der Waals surface area contributed by atoms with E-state index in [0.29, 0.717) is 4.57 Å². The van der Waals surface area contributed by atoms with Crippen molar-refractivity contribution in [3.05, 3.63) is 43.5 Å². The molecule has 17 nitrogen and oxygen atoms in total. The zero-order valence-electron chi connectivity index (χ0n) is 24.4. The van der Waals surface area contributed by atoms with Crippen molar-refractivity contribution in [2.75, 3.05) is 38.7 Å². The summed E-state index contributed by atoms with van der Waals surface area (Å²) in [5.74, 6) is -0.848. The van der Waals surface area contributed by atoms with Crippen LogP contribution in [0.1, 0.15) is 40.8 Å². The third kappa shape index (κ3) is 13.3. The van der Waals surface area contributed by atoms with Crippen molar-refractivity contribution in [3.8, 4) is 0 Å². The molecule has 20 heteroatoms. The highest BCUT2D eigenvalue weighted by Crippen LogP contribution is 2.45. The molecule has 43 heavy (non-hydrogen) atoms. The Bertz CT molecular complexity index is 1270. The van der Waals surface area contributed by atoms with Crippen LogP contribution in [0.3, 0.4) is 0 Å². The molecule has 0 bridgehead atoms. The number of carbonyl (C=O) groups is 2. The molecule has 2 unspecified atom stereocenters. The summed E-state index contributed by atoms with van der Waals surface area (Å²) in [4.78, 5) is 52.7. The summed E-state index contributed by atoms with van der Waals surface area (Å²) in [6.45, 7) is 5.16. The van der Waals surface area contributed by atoms with E-state index in [0.717, 1.165) is 24.0 Å². The van der Waals surface area contributed by atoms with Crippen LogP contribution in [0.4, 0.5) is 4.39 Å². The molecule has 0 aliphatic carbocycles. The van der Waals surface area contributed by atoms with Gasteiger partial charge >= 0.3 is 19.4 Å². The average Bonchev–Trinajstić information content (AvgIpc) is 2.93. The summed E-state index contributed by atoms with van der Waals surface area (Å²) in [7, 11) is -4.49.